The molecule has 2 heterocycles. The van der Waals surface area contributed by atoms with E-state index in [0.717, 1.165) is 36.0 Å². The Kier molecular flexibility index (Phi) is 7.98. The smallest absolute Gasteiger partial charge is 0.191 e. The zero-order valence-electron chi connectivity index (χ0n) is 17.9. The molecule has 2 N–H and O–H groups in total. The number of hydrogen-bond acceptors (Lipinski definition) is 5. The van der Waals surface area contributed by atoms with E-state index in [0.29, 0.717) is 26.3 Å². The van der Waals surface area contributed by atoms with Crippen LogP contribution in [0.15, 0.2) is 47.6 Å². The summed E-state index contributed by atoms with van der Waals surface area (Å²) < 4.78 is 18.9. The van der Waals surface area contributed by atoms with E-state index in [1.165, 1.54) is 12.1 Å². The van der Waals surface area contributed by atoms with Gasteiger partial charge in [0, 0.05) is 53.5 Å². The molecular formula is C22H31FN6O. The van der Waals surface area contributed by atoms with Gasteiger partial charge in [-0.2, -0.15) is 0 Å². The van der Waals surface area contributed by atoms with Crippen LogP contribution in [-0.4, -0.2) is 69.8 Å². The van der Waals surface area contributed by atoms with Gasteiger partial charge in [0.15, 0.2) is 5.96 Å². The molecule has 0 radical (unpaired) electrons. The van der Waals surface area contributed by atoms with Crippen molar-refractivity contribution in [3.05, 3.63) is 59.5 Å². The van der Waals surface area contributed by atoms with Crippen molar-refractivity contribution in [1.29, 1.82) is 0 Å². The van der Waals surface area contributed by atoms with E-state index < -0.39 is 0 Å². The number of halogens is 1. The Morgan fingerprint density at radius 3 is 2.60 bits per heavy atom. The van der Waals surface area contributed by atoms with Gasteiger partial charge in [0.25, 0.3) is 0 Å². The Morgan fingerprint density at radius 2 is 1.93 bits per heavy atom. The molecule has 0 bridgehead atoms. The molecule has 1 unspecified atom stereocenters. The van der Waals surface area contributed by atoms with Crippen LogP contribution in [0.1, 0.15) is 17.2 Å². The van der Waals surface area contributed by atoms with E-state index in [-0.39, 0.29) is 11.9 Å². The summed E-state index contributed by atoms with van der Waals surface area (Å²) in [4.78, 5) is 13.0. The van der Waals surface area contributed by atoms with E-state index in [4.69, 9.17) is 4.74 Å². The lowest BCUT2D eigenvalue weighted by molar-refractivity contribution is 0.0170. The highest BCUT2D eigenvalue weighted by molar-refractivity contribution is 5.79. The molecule has 8 heteroatoms. The molecule has 2 aromatic rings. The summed E-state index contributed by atoms with van der Waals surface area (Å²) in [6, 6.07) is 10.9. The normalized spacial score (nSPS) is 16.2. The standard InChI is InChI=1S/C22H31FN6O/c1-24-22(26-15-17-8-9-25-21(14-17)28(2)3)27-16-20(29-10-12-30-13-11-29)18-4-6-19(23)7-5-18/h4-9,14,20H,10-13,15-16H2,1-3H3,(H2,24,26,27). The monoisotopic (exact) mass is 414 g/mol. The first-order chi connectivity index (χ1) is 14.6. The molecule has 1 aromatic heterocycles. The molecular weight excluding hydrogens is 383 g/mol. The molecule has 0 spiro atoms. The van der Waals surface area contributed by atoms with Gasteiger partial charge in [0.1, 0.15) is 11.6 Å². The van der Waals surface area contributed by atoms with E-state index in [1.807, 2.05) is 43.4 Å². The molecule has 1 atom stereocenters. The highest BCUT2D eigenvalue weighted by Gasteiger charge is 2.23. The van der Waals surface area contributed by atoms with Crippen LogP contribution in [-0.2, 0) is 11.3 Å². The van der Waals surface area contributed by atoms with Crippen molar-refractivity contribution >= 4 is 11.8 Å². The molecule has 1 aromatic carbocycles. The Balaban J connectivity index is 1.62. The van der Waals surface area contributed by atoms with Crippen molar-refractivity contribution in [2.24, 2.45) is 4.99 Å². The molecule has 162 valence electrons. The number of ether oxygens (including phenoxy) is 1. The van der Waals surface area contributed by atoms with Crippen molar-refractivity contribution in [3.63, 3.8) is 0 Å². The summed E-state index contributed by atoms with van der Waals surface area (Å²) in [5.74, 6) is 1.42. The number of nitrogens with one attached hydrogen (secondary N) is 2. The van der Waals surface area contributed by atoms with Gasteiger partial charge in [0.2, 0.25) is 0 Å². The molecule has 1 fully saturated rings. The Morgan fingerprint density at radius 1 is 1.20 bits per heavy atom. The number of aromatic nitrogens is 1. The van der Waals surface area contributed by atoms with Crippen LogP contribution >= 0.6 is 0 Å². The van der Waals surface area contributed by atoms with E-state index in [9.17, 15) is 4.39 Å². The first kappa shape index (κ1) is 22.0. The zero-order valence-corrected chi connectivity index (χ0v) is 17.9. The molecule has 30 heavy (non-hydrogen) atoms. The highest BCUT2D eigenvalue weighted by atomic mass is 19.1. The van der Waals surface area contributed by atoms with Crippen LogP contribution in [0.5, 0.6) is 0 Å². The van der Waals surface area contributed by atoms with Crippen molar-refractivity contribution < 1.29 is 9.13 Å². The average molecular weight is 415 g/mol. The Hall–Kier alpha value is -2.71. The lowest BCUT2D eigenvalue weighted by Gasteiger charge is -2.35. The van der Waals surface area contributed by atoms with E-state index in [2.05, 4.69) is 31.6 Å². The lowest BCUT2D eigenvalue weighted by Crippen LogP contribution is -2.46. The summed E-state index contributed by atoms with van der Waals surface area (Å²) in [6.45, 7) is 4.41. The first-order valence-corrected chi connectivity index (χ1v) is 10.2. The van der Waals surface area contributed by atoms with Gasteiger partial charge in [-0.15, -0.1) is 0 Å². The Labute approximate surface area is 178 Å². The molecule has 3 rings (SSSR count). The average Bonchev–Trinajstić information content (AvgIpc) is 2.78. The minimum absolute atomic E-state index is 0.106. The molecule has 1 saturated heterocycles. The molecule has 0 aliphatic carbocycles. The van der Waals surface area contributed by atoms with E-state index in [1.54, 1.807) is 7.05 Å². The summed E-state index contributed by atoms with van der Waals surface area (Å²) in [6.07, 6.45) is 1.81. The fraction of sp³-hybridized carbons (Fsp3) is 0.455. The van der Waals surface area contributed by atoms with Gasteiger partial charge in [-0.05, 0) is 35.4 Å². The van der Waals surface area contributed by atoms with Crippen LogP contribution < -0.4 is 15.5 Å². The quantitative estimate of drug-likeness (QED) is 0.534. The summed E-state index contributed by atoms with van der Waals surface area (Å²) in [5.41, 5.74) is 2.20. The van der Waals surface area contributed by atoms with Gasteiger partial charge in [-0.3, -0.25) is 9.89 Å². The van der Waals surface area contributed by atoms with Gasteiger partial charge >= 0.3 is 0 Å². The minimum atomic E-state index is -0.223. The fourth-order valence-corrected chi connectivity index (χ4v) is 3.45. The molecule has 1 aliphatic rings. The third-order valence-electron chi connectivity index (χ3n) is 5.16. The topological polar surface area (TPSA) is 65.0 Å². The van der Waals surface area contributed by atoms with Crippen molar-refractivity contribution in [2.45, 2.75) is 12.6 Å². The SMILES string of the molecule is CN=C(NCc1ccnc(N(C)C)c1)NCC(c1ccc(F)cc1)N1CCOCC1. The predicted octanol–water partition coefficient (Wildman–Crippen LogP) is 2.03. The van der Waals surface area contributed by atoms with Gasteiger partial charge in [-0.25, -0.2) is 9.37 Å². The van der Waals surface area contributed by atoms with Gasteiger partial charge < -0.3 is 20.3 Å². The van der Waals surface area contributed by atoms with Crippen molar-refractivity contribution in [3.8, 4) is 0 Å². The van der Waals surface area contributed by atoms with Crippen LogP contribution in [0.4, 0.5) is 10.2 Å². The van der Waals surface area contributed by atoms with Gasteiger partial charge in [-0.1, -0.05) is 12.1 Å². The maximum absolute atomic E-state index is 13.4. The molecule has 1 aliphatic heterocycles. The maximum Gasteiger partial charge on any atom is 0.191 e. The number of aliphatic imine (C=N–C) groups is 1. The van der Waals surface area contributed by atoms with E-state index >= 15 is 0 Å². The second kappa shape index (κ2) is 10.9. The fourth-order valence-electron chi connectivity index (χ4n) is 3.45. The summed E-state index contributed by atoms with van der Waals surface area (Å²) >= 11 is 0. The number of hydrogen-bond donors (Lipinski definition) is 2. The maximum atomic E-state index is 13.4. The number of anilines is 1. The summed E-state index contributed by atoms with van der Waals surface area (Å²) in [5, 5.41) is 6.78. The molecule has 0 amide bonds. The third-order valence-corrected chi connectivity index (χ3v) is 5.16. The number of pyridine rings is 1. The first-order valence-electron chi connectivity index (χ1n) is 10.2. The third kappa shape index (κ3) is 6.14. The summed E-state index contributed by atoms with van der Waals surface area (Å²) in [7, 11) is 5.71. The largest absolute Gasteiger partial charge is 0.379 e. The highest BCUT2D eigenvalue weighted by Crippen LogP contribution is 2.21. The Bertz CT molecular complexity index is 821. The van der Waals surface area contributed by atoms with Crippen LogP contribution in [0.25, 0.3) is 0 Å². The second-order valence-electron chi connectivity index (χ2n) is 7.44. The van der Waals surface area contributed by atoms with Crippen molar-refractivity contribution in [1.82, 2.24) is 20.5 Å². The number of benzene rings is 1. The van der Waals surface area contributed by atoms with Gasteiger partial charge in [0.05, 0.1) is 19.3 Å². The van der Waals surface area contributed by atoms with Crippen LogP contribution in [0.3, 0.4) is 0 Å². The van der Waals surface area contributed by atoms with Crippen molar-refractivity contribution in [2.75, 3.05) is 58.9 Å². The zero-order chi connectivity index (χ0) is 21.3. The number of morpholine rings is 1. The predicted molar refractivity (Wildman–Crippen MR) is 118 cm³/mol. The number of guanidine groups is 1. The minimum Gasteiger partial charge on any atom is -0.379 e. The molecule has 7 nitrogen and oxygen atoms in total. The number of rotatable bonds is 7. The number of nitrogens with zero attached hydrogens (tertiary/aromatic N) is 4. The van der Waals surface area contributed by atoms with Crippen LogP contribution in [0.2, 0.25) is 0 Å². The second-order valence-corrected chi connectivity index (χ2v) is 7.44. The molecule has 0 saturated carbocycles. The lowest BCUT2D eigenvalue weighted by atomic mass is 10.0. The van der Waals surface area contributed by atoms with Crippen LogP contribution in [0, 0.1) is 5.82 Å².